The van der Waals surface area contributed by atoms with E-state index in [4.69, 9.17) is 11.5 Å². The minimum atomic E-state index is -0.583. The van der Waals surface area contributed by atoms with E-state index in [1.165, 1.54) is 0 Å². The van der Waals surface area contributed by atoms with Crippen LogP contribution in [0.1, 0.15) is 16.8 Å². The third kappa shape index (κ3) is 2.76. The van der Waals surface area contributed by atoms with Crippen LogP contribution in [0.25, 0.3) is 0 Å². The summed E-state index contributed by atoms with van der Waals surface area (Å²) in [5.74, 6) is -0.272. The highest BCUT2D eigenvalue weighted by Gasteiger charge is 2.22. The van der Waals surface area contributed by atoms with Crippen molar-refractivity contribution in [3.05, 3.63) is 51.2 Å². The maximum absolute atomic E-state index is 11.0. The van der Waals surface area contributed by atoms with Gasteiger partial charge in [-0.1, -0.05) is 29.8 Å². The van der Waals surface area contributed by atoms with E-state index in [1.807, 2.05) is 31.2 Å². The van der Waals surface area contributed by atoms with Crippen LogP contribution in [0.5, 0.6) is 0 Å². The molecule has 0 atom stereocenters. The molecule has 19 heavy (non-hydrogen) atoms. The topological polar surface area (TPSA) is 121 Å². The number of anilines is 2. The fourth-order valence-corrected chi connectivity index (χ4v) is 1.88. The lowest BCUT2D eigenvalue weighted by Gasteiger charge is -2.06. The van der Waals surface area contributed by atoms with Crippen molar-refractivity contribution < 1.29 is 4.92 Å². The first-order valence-electron chi connectivity index (χ1n) is 5.59. The third-order valence-corrected chi connectivity index (χ3v) is 2.64. The number of nitrogens with zero attached hydrogens (tertiary/aromatic N) is 3. The van der Waals surface area contributed by atoms with E-state index in [0.29, 0.717) is 0 Å². The van der Waals surface area contributed by atoms with E-state index in [-0.39, 0.29) is 29.6 Å². The molecule has 0 saturated carbocycles. The molecule has 4 N–H and O–H groups in total. The van der Waals surface area contributed by atoms with E-state index in [2.05, 4.69) is 9.97 Å². The first kappa shape index (κ1) is 12.7. The Hall–Kier alpha value is -2.70. The van der Waals surface area contributed by atoms with Crippen LogP contribution >= 0.6 is 0 Å². The summed E-state index contributed by atoms with van der Waals surface area (Å²) in [5.41, 5.74) is 12.9. The zero-order valence-electron chi connectivity index (χ0n) is 10.3. The molecule has 0 unspecified atom stereocenters. The van der Waals surface area contributed by atoms with E-state index in [9.17, 15) is 10.1 Å². The highest BCUT2D eigenvalue weighted by atomic mass is 16.6. The van der Waals surface area contributed by atoms with Crippen LogP contribution in [0.4, 0.5) is 17.5 Å². The van der Waals surface area contributed by atoms with Gasteiger partial charge in [0.25, 0.3) is 0 Å². The van der Waals surface area contributed by atoms with Gasteiger partial charge in [-0.25, -0.2) is 4.98 Å². The van der Waals surface area contributed by atoms with Crippen molar-refractivity contribution in [3.8, 4) is 0 Å². The molecule has 0 fully saturated rings. The van der Waals surface area contributed by atoms with Crippen molar-refractivity contribution in [2.75, 3.05) is 11.5 Å². The number of aromatic nitrogens is 2. The Morgan fingerprint density at radius 1 is 1.32 bits per heavy atom. The summed E-state index contributed by atoms with van der Waals surface area (Å²) in [6.45, 7) is 1.95. The number of hydrogen-bond acceptors (Lipinski definition) is 6. The molecule has 0 aliphatic rings. The van der Waals surface area contributed by atoms with Crippen LogP contribution in [0.2, 0.25) is 0 Å². The van der Waals surface area contributed by atoms with Crippen LogP contribution in [0, 0.1) is 17.0 Å². The third-order valence-electron chi connectivity index (χ3n) is 2.64. The summed E-state index contributed by atoms with van der Waals surface area (Å²) in [4.78, 5) is 18.0. The number of rotatable bonds is 3. The predicted molar refractivity (Wildman–Crippen MR) is 71.5 cm³/mol. The Morgan fingerprint density at radius 3 is 2.68 bits per heavy atom. The fourth-order valence-electron chi connectivity index (χ4n) is 1.88. The summed E-state index contributed by atoms with van der Waals surface area (Å²) in [6, 6.07) is 7.62. The van der Waals surface area contributed by atoms with Crippen molar-refractivity contribution in [1.82, 2.24) is 9.97 Å². The molecule has 2 aromatic rings. The van der Waals surface area contributed by atoms with Gasteiger partial charge in [-0.15, -0.1) is 0 Å². The number of nitro groups is 1. The normalized spacial score (nSPS) is 10.4. The molecule has 0 saturated heterocycles. The number of benzene rings is 1. The first-order valence-corrected chi connectivity index (χ1v) is 5.59. The molecule has 2 rings (SSSR count). The van der Waals surface area contributed by atoms with Crippen LogP contribution < -0.4 is 11.5 Å². The Balaban J connectivity index is 2.47. The monoisotopic (exact) mass is 259 g/mol. The van der Waals surface area contributed by atoms with E-state index < -0.39 is 4.92 Å². The Bertz CT molecular complexity index is 642. The SMILES string of the molecule is Cc1cccc(Cc2nc(N)nc(N)c2[N+](=O)[O-])c1. The molecule has 0 bridgehead atoms. The molecule has 1 aromatic heterocycles. The lowest BCUT2D eigenvalue weighted by molar-refractivity contribution is -0.385. The van der Waals surface area contributed by atoms with Gasteiger partial charge in [0.2, 0.25) is 11.8 Å². The maximum Gasteiger partial charge on any atom is 0.332 e. The van der Waals surface area contributed by atoms with Gasteiger partial charge in [0.1, 0.15) is 5.69 Å². The molecule has 1 aromatic carbocycles. The Morgan fingerprint density at radius 2 is 2.05 bits per heavy atom. The second kappa shape index (κ2) is 4.89. The zero-order valence-corrected chi connectivity index (χ0v) is 10.3. The van der Waals surface area contributed by atoms with Crippen molar-refractivity contribution >= 4 is 17.5 Å². The average molecular weight is 259 g/mol. The second-order valence-corrected chi connectivity index (χ2v) is 4.19. The number of nitrogens with two attached hydrogens (primary N) is 2. The highest BCUT2D eigenvalue weighted by Crippen LogP contribution is 2.26. The van der Waals surface area contributed by atoms with Crippen molar-refractivity contribution in [1.29, 1.82) is 0 Å². The van der Waals surface area contributed by atoms with Gasteiger partial charge >= 0.3 is 5.69 Å². The largest absolute Gasteiger partial charge is 0.378 e. The van der Waals surface area contributed by atoms with Crippen LogP contribution in [-0.2, 0) is 6.42 Å². The van der Waals surface area contributed by atoms with Crippen molar-refractivity contribution in [2.45, 2.75) is 13.3 Å². The number of hydrogen-bond donors (Lipinski definition) is 2. The Kier molecular flexibility index (Phi) is 3.28. The lowest BCUT2D eigenvalue weighted by atomic mass is 10.1. The number of nitrogen functional groups attached to an aromatic ring is 2. The van der Waals surface area contributed by atoms with E-state index >= 15 is 0 Å². The van der Waals surface area contributed by atoms with Crippen LogP contribution in [0.15, 0.2) is 24.3 Å². The smallest absolute Gasteiger partial charge is 0.332 e. The van der Waals surface area contributed by atoms with Crippen molar-refractivity contribution in [3.63, 3.8) is 0 Å². The zero-order chi connectivity index (χ0) is 14.0. The van der Waals surface area contributed by atoms with E-state index in [0.717, 1.165) is 11.1 Å². The maximum atomic E-state index is 11.0. The van der Waals surface area contributed by atoms with Crippen molar-refractivity contribution in [2.24, 2.45) is 0 Å². The molecule has 0 amide bonds. The molecule has 0 aliphatic carbocycles. The quantitative estimate of drug-likeness (QED) is 0.635. The van der Waals surface area contributed by atoms with Gasteiger partial charge in [0.15, 0.2) is 0 Å². The van der Waals surface area contributed by atoms with Gasteiger partial charge in [0, 0.05) is 6.42 Å². The molecule has 98 valence electrons. The molecular formula is C12H13N5O2. The van der Waals surface area contributed by atoms with Crippen LogP contribution in [-0.4, -0.2) is 14.9 Å². The minimum absolute atomic E-state index is 0.0641. The lowest BCUT2D eigenvalue weighted by Crippen LogP contribution is -2.09. The second-order valence-electron chi connectivity index (χ2n) is 4.19. The molecule has 0 spiro atoms. The summed E-state index contributed by atoms with van der Waals surface area (Å²) in [6.07, 6.45) is 0.287. The molecular weight excluding hydrogens is 246 g/mol. The molecule has 7 heteroatoms. The molecule has 0 radical (unpaired) electrons. The first-order chi connectivity index (χ1) is 8.97. The van der Waals surface area contributed by atoms with Gasteiger partial charge in [-0.05, 0) is 12.5 Å². The summed E-state index contributed by atoms with van der Waals surface area (Å²) < 4.78 is 0. The standard InChI is InChI=1S/C12H13N5O2/c1-7-3-2-4-8(5-7)6-9-10(17(18)19)11(13)16-12(14)15-9/h2-5H,6H2,1H3,(H4,13,14,15,16). The predicted octanol–water partition coefficient (Wildman–Crippen LogP) is 1.45. The van der Waals surface area contributed by atoms with Gasteiger partial charge in [-0.2, -0.15) is 4.98 Å². The minimum Gasteiger partial charge on any atom is -0.378 e. The summed E-state index contributed by atoms with van der Waals surface area (Å²) in [7, 11) is 0. The Labute approximate surface area is 109 Å². The summed E-state index contributed by atoms with van der Waals surface area (Å²) >= 11 is 0. The van der Waals surface area contributed by atoms with Gasteiger partial charge < -0.3 is 11.5 Å². The van der Waals surface area contributed by atoms with Crippen LogP contribution in [0.3, 0.4) is 0 Å². The molecule has 7 nitrogen and oxygen atoms in total. The highest BCUT2D eigenvalue weighted by molar-refractivity contribution is 5.58. The van der Waals surface area contributed by atoms with Gasteiger partial charge in [0.05, 0.1) is 4.92 Å². The molecule has 0 aliphatic heterocycles. The number of aryl methyl sites for hydroxylation is 1. The fraction of sp³-hybridized carbons (Fsp3) is 0.167. The van der Waals surface area contributed by atoms with Gasteiger partial charge in [-0.3, -0.25) is 10.1 Å². The summed E-state index contributed by atoms with van der Waals surface area (Å²) in [5, 5.41) is 11.0. The average Bonchev–Trinajstić information content (AvgIpc) is 2.26. The molecule has 1 heterocycles. The van der Waals surface area contributed by atoms with E-state index in [1.54, 1.807) is 0 Å².